The van der Waals surface area contributed by atoms with E-state index in [1.807, 2.05) is 38.1 Å². The average Bonchev–Trinajstić information content (AvgIpc) is 2.36. The highest BCUT2D eigenvalue weighted by Crippen LogP contribution is 2.10. The Balaban J connectivity index is 2.32. The van der Waals surface area contributed by atoms with Gasteiger partial charge in [-0.15, -0.1) is 0 Å². The maximum Gasteiger partial charge on any atom is 0.303 e. The Bertz CT molecular complexity index is 426. The molecule has 0 aliphatic heterocycles. The van der Waals surface area contributed by atoms with Gasteiger partial charge in [-0.1, -0.05) is 36.8 Å². The van der Waals surface area contributed by atoms with Crippen LogP contribution in [0, 0.1) is 12.8 Å². The predicted molar refractivity (Wildman–Crippen MR) is 73.9 cm³/mol. The van der Waals surface area contributed by atoms with E-state index in [1.54, 1.807) is 0 Å². The third kappa shape index (κ3) is 6.04. The number of carbonyl (C=O) groups is 2. The number of aliphatic carboxylic acids is 1. The van der Waals surface area contributed by atoms with Crippen LogP contribution in [0.1, 0.15) is 30.9 Å². The summed E-state index contributed by atoms with van der Waals surface area (Å²) in [4.78, 5) is 22.1. The number of hydrogen-bond donors (Lipinski definition) is 2. The molecule has 1 atom stereocenters. The molecule has 4 heteroatoms. The Labute approximate surface area is 113 Å². The number of benzene rings is 1. The zero-order valence-electron chi connectivity index (χ0n) is 11.5. The summed E-state index contributed by atoms with van der Waals surface area (Å²) in [6, 6.07) is 8.13. The molecule has 0 aromatic heterocycles. The summed E-state index contributed by atoms with van der Waals surface area (Å²) in [6.07, 6.45) is 1.26. The van der Waals surface area contributed by atoms with Crippen molar-refractivity contribution in [1.82, 2.24) is 5.32 Å². The third-order valence-electron chi connectivity index (χ3n) is 2.98. The standard InChI is InChI=1S/C15H21NO3/c1-11-5-7-13(8-6-11)10-12(2)15(19)16-9-3-4-14(17)18/h5-8,12H,3-4,9-10H2,1-2H3,(H,16,19)(H,17,18). The van der Waals surface area contributed by atoms with Crippen LogP contribution in [0.3, 0.4) is 0 Å². The Morgan fingerprint density at radius 1 is 1.26 bits per heavy atom. The van der Waals surface area contributed by atoms with Gasteiger partial charge in [0.2, 0.25) is 5.91 Å². The number of carboxylic acids is 1. The predicted octanol–water partition coefficient (Wildman–Crippen LogP) is 2.15. The molecule has 2 N–H and O–H groups in total. The molecule has 1 aromatic carbocycles. The van der Waals surface area contributed by atoms with Gasteiger partial charge in [0.1, 0.15) is 0 Å². The zero-order chi connectivity index (χ0) is 14.3. The van der Waals surface area contributed by atoms with Crippen molar-refractivity contribution in [3.63, 3.8) is 0 Å². The van der Waals surface area contributed by atoms with Gasteiger partial charge in [0, 0.05) is 18.9 Å². The number of amides is 1. The molecule has 0 aliphatic carbocycles. The maximum atomic E-state index is 11.8. The van der Waals surface area contributed by atoms with Gasteiger partial charge in [-0.2, -0.15) is 0 Å². The van der Waals surface area contributed by atoms with E-state index < -0.39 is 5.97 Å². The highest BCUT2D eigenvalue weighted by molar-refractivity contribution is 5.78. The summed E-state index contributed by atoms with van der Waals surface area (Å²) in [5.41, 5.74) is 2.34. The van der Waals surface area contributed by atoms with Crippen LogP contribution in [0.25, 0.3) is 0 Å². The Kier molecular flexibility index (Phi) is 6.06. The summed E-state index contributed by atoms with van der Waals surface area (Å²) in [7, 11) is 0. The van der Waals surface area contributed by atoms with Crippen LogP contribution < -0.4 is 5.32 Å². The summed E-state index contributed by atoms with van der Waals surface area (Å²) in [5.74, 6) is -0.958. The molecule has 0 saturated carbocycles. The fourth-order valence-corrected chi connectivity index (χ4v) is 1.80. The molecule has 1 rings (SSSR count). The van der Waals surface area contributed by atoms with Crippen molar-refractivity contribution in [2.24, 2.45) is 5.92 Å². The third-order valence-corrected chi connectivity index (χ3v) is 2.98. The Morgan fingerprint density at radius 3 is 2.47 bits per heavy atom. The number of nitrogens with one attached hydrogen (secondary N) is 1. The quantitative estimate of drug-likeness (QED) is 0.741. The molecule has 4 nitrogen and oxygen atoms in total. The molecule has 19 heavy (non-hydrogen) atoms. The molecule has 0 heterocycles. The summed E-state index contributed by atoms with van der Waals surface area (Å²) >= 11 is 0. The topological polar surface area (TPSA) is 66.4 Å². The lowest BCUT2D eigenvalue weighted by Gasteiger charge is -2.12. The van der Waals surface area contributed by atoms with E-state index in [0.717, 1.165) is 5.56 Å². The van der Waals surface area contributed by atoms with Crippen molar-refractivity contribution in [1.29, 1.82) is 0 Å². The second-order valence-corrected chi connectivity index (χ2v) is 4.88. The number of aryl methyl sites for hydroxylation is 1. The van der Waals surface area contributed by atoms with Crippen LogP contribution >= 0.6 is 0 Å². The van der Waals surface area contributed by atoms with Gasteiger partial charge >= 0.3 is 5.97 Å². The van der Waals surface area contributed by atoms with E-state index in [9.17, 15) is 9.59 Å². The normalized spacial score (nSPS) is 11.9. The van der Waals surface area contributed by atoms with E-state index in [1.165, 1.54) is 5.56 Å². The highest BCUT2D eigenvalue weighted by atomic mass is 16.4. The molecule has 1 aromatic rings. The largest absolute Gasteiger partial charge is 0.481 e. The van der Waals surface area contributed by atoms with E-state index in [-0.39, 0.29) is 18.2 Å². The van der Waals surface area contributed by atoms with Gasteiger partial charge in [0.05, 0.1) is 0 Å². The van der Waals surface area contributed by atoms with Crippen molar-refractivity contribution >= 4 is 11.9 Å². The minimum Gasteiger partial charge on any atom is -0.481 e. The first-order valence-electron chi connectivity index (χ1n) is 6.54. The summed E-state index contributed by atoms with van der Waals surface area (Å²) in [6.45, 7) is 4.33. The molecule has 1 amide bonds. The van der Waals surface area contributed by atoms with Crippen molar-refractivity contribution in [2.45, 2.75) is 33.1 Å². The lowest BCUT2D eigenvalue weighted by Crippen LogP contribution is -2.31. The molecular weight excluding hydrogens is 242 g/mol. The van der Waals surface area contributed by atoms with Gasteiger partial charge < -0.3 is 10.4 Å². The van der Waals surface area contributed by atoms with Gasteiger partial charge in [0.15, 0.2) is 0 Å². The SMILES string of the molecule is Cc1ccc(CC(C)C(=O)NCCCC(=O)O)cc1. The minimum absolute atomic E-state index is 0.0223. The summed E-state index contributed by atoms with van der Waals surface area (Å²) in [5, 5.41) is 11.3. The molecule has 1 unspecified atom stereocenters. The van der Waals surface area contributed by atoms with Crippen molar-refractivity contribution in [2.75, 3.05) is 6.54 Å². The van der Waals surface area contributed by atoms with Crippen molar-refractivity contribution < 1.29 is 14.7 Å². The van der Waals surface area contributed by atoms with Gasteiger partial charge in [-0.3, -0.25) is 9.59 Å². The van der Waals surface area contributed by atoms with Gasteiger partial charge in [-0.05, 0) is 25.3 Å². The molecule has 104 valence electrons. The van der Waals surface area contributed by atoms with Crippen LogP contribution in [0.5, 0.6) is 0 Å². The molecule has 0 aliphatic rings. The molecule has 0 bridgehead atoms. The zero-order valence-corrected chi connectivity index (χ0v) is 11.5. The second-order valence-electron chi connectivity index (χ2n) is 4.88. The molecule has 0 fully saturated rings. The van der Waals surface area contributed by atoms with Crippen molar-refractivity contribution in [3.8, 4) is 0 Å². The number of carboxylic acid groups (broad SMARTS) is 1. The second kappa shape index (κ2) is 7.56. The van der Waals surface area contributed by atoms with Crippen LogP contribution in [-0.4, -0.2) is 23.5 Å². The highest BCUT2D eigenvalue weighted by Gasteiger charge is 2.12. The summed E-state index contributed by atoms with van der Waals surface area (Å²) < 4.78 is 0. The maximum absolute atomic E-state index is 11.8. The van der Waals surface area contributed by atoms with E-state index in [4.69, 9.17) is 5.11 Å². The molecule has 0 saturated heterocycles. The van der Waals surface area contributed by atoms with Gasteiger partial charge in [0.25, 0.3) is 0 Å². The first kappa shape index (κ1) is 15.2. The van der Waals surface area contributed by atoms with Gasteiger partial charge in [-0.25, -0.2) is 0 Å². The monoisotopic (exact) mass is 263 g/mol. The molecular formula is C15H21NO3. The Morgan fingerprint density at radius 2 is 1.89 bits per heavy atom. The van der Waals surface area contributed by atoms with Crippen molar-refractivity contribution in [3.05, 3.63) is 35.4 Å². The van der Waals surface area contributed by atoms with Crippen LogP contribution in [0.4, 0.5) is 0 Å². The average molecular weight is 263 g/mol. The first-order valence-corrected chi connectivity index (χ1v) is 6.54. The lowest BCUT2D eigenvalue weighted by molar-refractivity contribution is -0.137. The van der Waals surface area contributed by atoms with Crippen LogP contribution in [0.15, 0.2) is 24.3 Å². The van der Waals surface area contributed by atoms with E-state index >= 15 is 0 Å². The van der Waals surface area contributed by atoms with Crippen LogP contribution in [-0.2, 0) is 16.0 Å². The van der Waals surface area contributed by atoms with E-state index in [2.05, 4.69) is 5.32 Å². The number of carbonyl (C=O) groups excluding carboxylic acids is 1. The fourth-order valence-electron chi connectivity index (χ4n) is 1.80. The van der Waals surface area contributed by atoms with Crippen LogP contribution in [0.2, 0.25) is 0 Å². The molecule has 0 radical (unpaired) electrons. The first-order chi connectivity index (χ1) is 8.99. The number of rotatable bonds is 7. The number of hydrogen-bond acceptors (Lipinski definition) is 2. The Hall–Kier alpha value is -1.84. The smallest absolute Gasteiger partial charge is 0.303 e. The fraction of sp³-hybridized carbons (Fsp3) is 0.467. The lowest BCUT2D eigenvalue weighted by atomic mass is 9.99. The minimum atomic E-state index is -0.832. The van der Waals surface area contributed by atoms with E-state index in [0.29, 0.717) is 19.4 Å². The molecule has 0 spiro atoms.